The van der Waals surface area contributed by atoms with Crippen LogP contribution in [0, 0.1) is 0 Å². The fourth-order valence-corrected chi connectivity index (χ4v) is 1.91. The zero-order chi connectivity index (χ0) is 13.2. The molecule has 0 saturated heterocycles. The fraction of sp³-hybridized carbons (Fsp3) is 0.0714. The molecule has 0 aliphatic carbocycles. The lowest BCUT2D eigenvalue weighted by Crippen LogP contribution is -1.91. The van der Waals surface area contributed by atoms with E-state index in [0.717, 1.165) is 11.8 Å². The molecule has 0 aliphatic heterocycles. The second-order valence-electron chi connectivity index (χ2n) is 4.02. The van der Waals surface area contributed by atoms with Gasteiger partial charge in [-0.25, -0.2) is 9.50 Å². The molecule has 0 spiro atoms. The summed E-state index contributed by atoms with van der Waals surface area (Å²) in [6.45, 7) is 0. The van der Waals surface area contributed by atoms with Crippen molar-refractivity contribution in [1.82, 2.24) is 14.6 Å². The van der Waals surface area contributed by atoms with Gasteiger partial charge in [-0.3, -0.25) is 4.79 Å². The number of aromatic nitrogens is 3. The molecule has 0 unspecified atom stereocenters. The zero-order valence-electron chi connectivity index (χ0n) is 10.3. The molecule has 3 aromatic rings. The van der Waals surface area contributed by atoms with Crippen molar-refractivity contribution < 1.29 is 9.53 Å². The molecule has 1 aromatic carbocycles. The minimum Gasteiger partial charge on any atom is -0.496 e. The van der Waals surface area contributed by atoms with E-state index in [1.54, 1.807) is 30.0 Å². The van der Waals surface area contributed by atoms with E-state index in [1.807, 2.05) is 24.3 Å². The van der Waals surface area contributed by atoms with Gasteiger partial charge < -0.3 is 4.74 Å². The first kappa shape index (κ1) is 11.4. The van der Waals surface area contributed by atoms with Crippen molar-refractivity contribution in [3.05, 3.63) is 48.2 Å². The Morgan fingerprint density at radius 3 is 2.84 bits per heavy atom. The van der Waals surface area contributed by atoms with Crippen LogP contribution in [0.5, 0.6) is 5.75 Å². The van der Waals surface area contributed by atoms with Gasteiger partial charge in [-0.05, 0) is 24.3 Å². The number of hydrogen-bond donors (Lipinski definition) is 0. The van der Waals surface area contributed by atoms with E-state index in [9.17, 15) is 4.79 Å². The van der Waals surface area contributed by atoms with E-state index in [-0.39, 0.29) is 0 Å². The molecule has 0 saturated carbocycles. The molecule has 2 aromatic heterocycles. The summed E-state index contributed by atoms with van der Waals surface area (Å²) in [6.07, 6.45) is 2.43. The normalized spacial score (nSPS) is 10.6. The van der Waals surface area contributed by atoms with Gasteiger partial charge in [0.15, 0.2) is 17.8 Å². The van der Waals surface area contributed by atoms with Gasteiger partial charge in [-0.1, -0.05) is 12.1 Å². The second kappa shape index (κ2) is 4.53. The Morgan fingerprint density at radius 1 is 1.21 bits per heavy atom. The molecule has 0 atom stereocenters. The van der Waals surface area contributed by atoms with E-state index in [4.69, 9.17) is 4.74 Å². The summed E-state index contributed by atoms with van der Waals surface area (Å²) in [4.78, 5) is 15.2. The number of aldehydes is 1. The van der Waals surface area contributed by atoms with Gasteiger partial charge >= 0.3 is 0 Å². The van der Waals surface area contributed by atoms with Gasteiger partial charge in [0.1, 0.15) is 5.75 Å². The maximum Gasteiger partial charge on any atom is 0.185 e. The predicted molar refractivity (Wildman–Crippen MR) is 70.4 cm³/mol. The summed E-state index contributed by atoms with van der Waals surface area (Å²) in [5.41, 5.74) is 2.07. The first-order valence-electron chi connectivity index (χ1n) is 5.77. The Hall–Kier alpha value is -2.69. The summed E-state index contributed by atoms with van der Waals surface area (Å²) >= 11 is 0. The van der Waals surface area contributed by atoms with Crippen LogP contribution < -0.4 is 4.74 Å². The summed E-state index contributed by atoms with van der Waals surface area (Å²) in [5, 5.41) is 4.37. The van der Waals surface area contributed by atoms with Crippen LogP contribution in [0.1, 0.15) is 10.4 Å². The monoisotopic (exact) mass is 253 g/mol. The van der Waals surface area contributed by atoms with Crippen molar-refractivity contribution in [1.29, 1.82) is 0 Å². The Bertz CT molecular complexity index is 749. The molecule has 0 fully saturated rings. The van der Waals surface area contributed by atoms with Gasteiger partial charge in [-0.2, -0.15) is 0 Å². The number of hydrogen-bond acceptors (Lipinski definition) is 4. The lowest BCUT2D eigenvalue weighted by Gasteiger charge is -2.03. The van der Waals surface area contributed by atoms with Gasteiger partial charge in [0.05, 0.1) is 12.7 Å². The van der Waals surface area contributed by atoms with Crippen molar-refractivity contribution in [2.45, 2.75) is 0 Å². The van der Waals surface area contributed by atoms with Crippen LogP contribution in [0.15, 0.2) is 42.6 Å². The molecular weight excluding hydrogens is 242 g/mol. The number of methoxy groups -OCH3 is 1. The largest absolute Gasteiger partial charge is 0.496 e. The molecule has 0 N–H and O–H groups in total. The number of benzene rings is 1. The smallest absolute Gasteiger partial charge is 0.185 e. The van der Waals surface area contributed by atoms with Gasteiger partial charge in [0, 0.05) is 11.8 Å². The Labute approximate surface area is 109 Å². The lowest BCUT2D eigenvalue weighted by molar-refractivity contribution is 0.112. The van der Waals surface area contributed by atoms with E-state index in [2.05, 4.69) is 10.1 Å². The zero-order valence-corrected chi connectivity index (χ0v) is 10.3. The van der Waals surface area contributed by atoms with Crippen LogP contribution in [0.3, 0.4) is 0 Å². The van der Waals surface area contributed by atoms with Crippen molar-refractivity contribution >= 4 is 11.9 Å². The molecule has 0 bridgehead atoms. The summed E-state index contributed by atoms with van der Waals surface area (Å²) < 4.78 is 6.88. The topological polar surface area (TPSA) is 56.5 Å². The van der Waals surface area contributed by atoms with Gasteiger partial charge in [0.2, 0.25) is 0 Å². The first-order valence-corrected chi connectivity index (χ1v) is 5.77. The number of nitrogens with zero attached hydrogens (tertiary/aromatic N) is 3. The lowest BCUT2D eigenvalue weighted by atomic mass is 10.2. The van der Waals surface area contributed by atoms with E-state index in [1.165, 1.54) is 0 Å². The quantitative estimate of drug-likeness (QED) is 0.671. The molecule has 5 nitrogen and oxygen atoms in total. The third-order valence-electron chi connectivity index (χ3n) is 2.84. The summed E-state index contributed by atoms with van der Waals surface area (Å²) in [6, 6.07) is 11.0. The minimum atomic E-state index is 0.559. The highest BCUT2D eigenvalue weighted by atomic mass is 16.5. The van der Waals surface area contributed by atoms with Crippen molar-refractivity contribution in [2.75, 3.05) is 7.11 Å². The minimum absolute atomic E-state index is 0.559. The Balaban J connectivity index is 2.17. The van der Waals surface area contributed by atoms with E-state index in [0.29, 0.717) is 22.8 Å². The molecular formula is C14H11N3O2. The number of pyridine rings is 1. The maximum atomic E-state index is 10.7. The molecule has 3 rings (SSSR count). The van der Waals surface area contributed by atoms with Crippen LogP contribution in [-0.2, 0) is 0 Å². The molecule has 94 valence electrons. The number of carbonyl (C=O) groups is 1. The molecule has 0 amide bonds. The van der Waals surface area contributed by atoms with Crippen molar-refractivity contribution in [2.24, 2.45) is 0 Å². The van der Waals surface area contributed by atoms with Crippen LogP contribution in [-0.4, -0.2) is 28.0 Å². The molecule has 0 aliphatic rings. The molecule has 2 heterocycles. The number of para-hydroxylation sites is 1. The maximum absolute atomic E-state index is 10.7. The second-order valence-corrected chi connectivity index (χ2v) is 4.02. The number of carbonyl (C=O) groups excluding carboxylic acids is 1. The highest BCUT2D eigenvalue weighted by molar-refractivity contribution is 5.75. The first-order chi connectivity index (χ1) is 9.31. The standard InChI is InChI=1S/C14H11N3O2/c1-19-12-5-3-2-4-11(12)14-15-13-7-6-10(9-18)8-17(13)16-14/h2-9H,1H3. The van der Waals surface area contributed by atoms with Crippen molar-refractivity contribution in [3.8, 4) is 17.1 Å². The van der Waals surface area contributed by atoms with Crippen LogP contribution in [0.25, 0.3) is 17.0 Å². The fourth-order valence-electron chi connectivity index (χ4n) is 1.91. The highest BCUT2D eigenvalue weighted by Crippen LogP contribution is 2.27. The van der Waals surface area contributed by atoms with Gasteiger partial charge in [0.25, 0.3) is 0 Å². The number of ether oxygens (including phenoxy) is 1. The van der Waals surface area contributed by atoms with E-state index >= 15 is 0 Å². The molecule has 5 heteroatoms. The Kier molecular flexibility index (Phi) is 2.72. The summed E-state index contributed by atoms with van der Waals surface area (Å²) in [5.74, 6) is 1.29. The van der Waals surface area contributed by atoms with Crippen LogP contribution in [0.2, 0.25) is 0 Å². The van der Waals surface area contributed by atoms with Gasteiger partial charge in [-0.15, -0.1) is 5.10 Å². The predicted octanol–water partition coefficient (Wildman–Crippen LogP) is 2.22. The number of fused-ring (bicyclic) bond motifs is 1. The van der Waals surface area contributed by atoms with Crippen LogP contribution in [0.4, 0.5) is 0 Å². The average molecular weight is 253 g/mol. The summed E-state index contributed by atoms with van der Waals surface area (Å²) in [7, 11) is 1.61. The third-order valence-corrected chi connectivity index (χ3v) is 2.84. The Morgan fingerprint density at radius 2 is 2.05 bits per heavy atom. The average Bonchev–Trinajstić information content (AvgIpc) is 2.89. The SMILES string of the molecule is COc1ccccc1-c1nc2ccc(C=O)cn2n1. The van der Waals surface area contributed by atoms with Crippen molar-refractivity contribution in [3.63, 3.8) is 0 Å². The number of rotatable bonds is 3. The van der Waals surface area contributed by atoms with E-state index < -0.39 is 0 Å². The molecule has 19 heavy (non-hydrogen) atoms. The highest BCUT2D eigenvalue weighted by Gasteiger charge is 2.11. The van der Waals surface area contributed by atoms with Crippen LogP contribution >= 0.6 is 0 Å². The third kappa shape index (κ3) is 1.95. The molecule has 0 radical (unpaired) electrons.